The molecule has 2 aromatic rings. The summed E-state index contributed by atoms with van der Waals surface area (Å²) in [5.41, 5.74) is 3.87. The average Bonchev–Trinajstić information content (AvgIpc) is 3.29. The monoisotopic (exact) mass is 491 g/mol. The van der Waals surface area contributed by atoms with Gasteiger partial charge in [0.25, 0.3) is 0 Å². The molecule has 8 heteroatoms. The van der Waals surface area contributed by atoms with E-state index in [2.05, 4.69) is 5.32 Å². The van der Waals surface area contributed by atoms with Crippen LogP contribution in [0.25, 0.3) is 0 Å². The molecule has 2 aliphatic rings. The van der Waals surface area contributed by atoms with Crippen LogP contribution in [-0.4, -0.2) is 36.2 Å². The Labute approximate surface area is 209 Å². The van der Waals surface area contributed by atoms with Crippen molar-refractivity contribution in [2.45, 2.75) is 38.8 Å². The zero-order chi connectivity index (χ0) is 24.9. The second kappa shape index (κ2) is 10.8. The van der Waals surface area contributed by atoms with E-state index in [1.165, 1.54) is 18.9 Å². The molecule has 0 saturated carbocycles. The maximum Gasteiger partial charge on any atom is 0.338 e. The molecule has 35 heavy (non-hydrogen) atoms. The maximum absolute atomic E-state index is 13.0. The van der Waals surface area contributed by atoms with E-state index in [9.17, 15) is 9.59 Å². The Balaban J connectivity index is 1.64. The summed E-state index contributed by atoms with van der Waals surface area (Å²) in [6.07, 6.45) is 0.741. The summed E-state index contributed by atoms with van der Waals surface area (Å²) in [5, 5.41) is 5.76. The number of thioether (sulfide) groups is 1. The molecule has 0 aromatic heterocycles. The molecule has 0 aliphatic carbocycles. The molecule has 0 saturated heterocycles. The highest BCUT2D eigenvalue weighted by molar-refractivity contribution is 8.16. The van der Waals surface area contributed by atoms with E-state index >= 15 is 0 Å². The minimum atomic E-state index is -0.462. The Morgan fingerprint density at radius 2 is 1.83 bits per heavy atom. The first-order valence-electron chi connectivity index (χ1n) is 11.5. The molecule has 0 fully saturated rings. The van der Waals surface area contributed by atoms with Crippen molar-refractivity contribution < 1.29 is 19.1 Å². The number of aliphatic imine (C=N–C) groups is 1. The molecule has 2 aromatic carbocycles. The van der Waals surface area contributed by atoms with Gasteiger partial charge >= 0.3 is 5.97 Å². The van der Waals surface area contributed by atoms with Gasteiger partial charge < -0.3 is 19.7 Å². The van der Waals surface area contributed by atoms with Gasteiger partial charge in [0.1, 0.15) is 5.75 Å². The number of amides is 1. The summed E-state index contributed by atoms with van der Waals surface area (Å²) in [4.78, 5) is 32.7. The quantitative estimate of drug-likeness (QED) is 0.518. The van der Waals surface area contributed by atoms with E-state index in [0.29, 0.717) is 17.7 Å². The summed E-state index contributed by atoms with van der Waals surface area (Å²) < 4.78 is 10.5. The molecule has 2 heterocycles. The lowest BCUT2D eigenvalue weighted by molar-refractivity contribution is -0.136. The van der Waals surface area contributed by atoms with Gasteiger partial charge in [-0.1, -0.05) is 61.2 Å². The predicted molar refractivity (Wildman–Crippen MR) is 138 cm³/mol. The Morgan fingerprint density at radius 1 is 1.11 bits per heavy atom. The zero-order valence-corrected chi connectivity index (χ0v) is 21.1. The van der Waals surface area contributed by atoms with Crippen LogP contribution < -0.4 is 10.1 Å². The lowest BCUT2D eigenvalue weighted by Crippen LogP contribution is -2.38. The molecular weight excluding hydrogens is 462 g/mol. The van der Waals surface area contributed by atoms with Crippen LogP contribution in [0.15, 0.2) is 82.0 Å². The molecule has 7 nitrogen and oxygen atoms in total. The topological polar surface area (TPSA) is 80.2 Å². The van der Waals surface area contributed by atoms with Gasteiger partial charge in [0, 0.05) is 5.70 Å². The lowest BCUT2D eigenvalue weighted by Gasteiger charge is -2.36. The van der Waals surface area contributed by atoms with Crippen LogP contribution in [0.4, 0.5) is 0 Å². The number of amidine groups is 1. The van der Waals surface area contributed by atoms with Crippen LogP contribution in [0, 0.1) is 0 Å². The number of methoxy groups -OCH3 is 2. The number of carbonyl (C=O) groups excluding carboxylic acids is 2. The fourth-order valence-corrected chi connectivity index (χ4v) is 5.23. The van der Waals surface area contributed by atoms with Crippen LogP contribution in [0.1, 0.15) is 49.9 Å². The van der Waals surface area contributed by atoms with Crippen molar-refractivity contribution in [1.82, 2.24) is 10.2 Å². The summed E-state index contributed by atoms with van der Waals surface area (Å²) in [6.45, 7) is 3.93. The van der Waals surface area contributed by atoms with Gasteiger partial charge in [-0.2, -0.15) is 0 Å². The highest BCUT2D eigenvalue weighted by Gasteiger charge is 2.41. The first kappa shape index (κ1) is 24.6. The minimum Gasteiger partial charge on any atom is -0.497 e. The molecule has 0 bridgehead atoms. The van der Waals surface area contributed by atoms with E-state index in [0.717, 1.165) is 27.7 Å². The van der Waals surface area contributed by atoms with Crippen LogP contribution in [0.3, 0.4) is 0 Å². The van der Waals surface area contributed by atoms with Crippen molar-refractivity contribution >= 4 is 28.8 Å². The number of nitrogens with zero attached hydrogens (tertiary/aromatic N) is 2. The Hall–Kier alpha value is -3.52. The number of rotatable bonds is 8. The van der Waals surface area contributed by atoms with Crippen molar-refractivity contribution in [1.29, 1.82) is 0 Å². The van der Waals surface area contributed by atoms with Crippen molar-refractivity contribution in [3.05, 3.63) is 88.1 Å². The summed E-state index contributed by atoms with van der Waals surface area (Å²) in [6, 6.07) is 16.8. The molecule has 4 rings (SSSR count). The van der Waals surface area contributed by atoms with E-state index in [1.54, 1.807) is 7.11 Å². The number of fused-ring (bicyclic) bond motifs is 1. The minimum absolute atomic E-state index is 0.104. The molecule has 1 amide bonds. The highest BCUT2D eigenvalue weighted by Crippen LogP contribution is 2.45. The molecule has 0 unspecified atom stereocenters. The first-order chi connectivity index (χ1) is 17.0. The van der Waals surface area contributed by atoms with Crippen molar-refractivity contribution in [2.75, 3.05) is 14.2 Å². The molecule has 2 aliphatic heterocycles. The Morgan fingerprint density at radius 3 is 2.46 bits per heavy atom. The number of hydrogen-bond acceptors (Lipinski definition) is 7. The number of benzene rings is 2. The smallest absolute Gasteiger partial charge is 0.338 e. The van der Waals surface area contributed by atoms with Crippen molar-refractivity contribution in [3.63, 3.8) is 0 Å². The van der Waals surface area contributed by atoms with Gasteiger partial charge in [-0.3, -0.25) is 4.79 Å². The number of carbonyl (C=O) groups is 2. The fraction of sp³-hybridized carbons (Fsp3) is 0.296. The fourth-order valence-electron chi connectivity index (χ4n) is 4.30. The maximum atomic E-state index is 13.0. The van der Waals surface area contributed by atoms with Crippen molar-refractivity contribution in [3.8, 4) is 5.75 Å². The second-order valence-corrected chi connectivity index (χ2v) is 9.09. The summed E-state index contributed by atoms with van der Waals surface area (Å²) >= 11 is 1.46. The SMILES string of the molecule is CCC1=C(C(=O)OC)[C@@H](c2ccc(OC)cc2)N2C(CC(=O)N[C@H](C)c3ccccc3)=CSC2=N1. The largest absolute Gasteiger partial charge is 0.497 e. The van der Waals surface area contributed by atoms with Gasteiger partial charge in [0.2, 0.25) is 5.91 Å². The third kappa shape index (κ3) is 5.12. The van der Waals surface area contributed by atoms with E-state index < -0.39 is 12.0 Å². The lowest BCUT2D eigenvalue weighted by atomic mass is 9.92. The van der Waals surface area contributed by atoms with Gasteiger partial charge in [0.15, 0.2) is 5.17 Å². The van der Waals surface area contributed by atoms with Gasteiger partial charge in [-0.05, 0) is 42.0 Å². The molecule has 0 spiro atoms. The number of esters is 1. The number of hydrogen-bond donors (Lipinski definition) is 1. The summed E-state index contributed by atoms with van der Waals surface area (Å²) in [5.74, 6) is 0.190. The number of nitrogens with one attached hydrogen (secondary N) is 1. The van der Waals surface area contributed by atoms with Gasteiger partial charge in [-0.15, -0.1) is 0 Å². The third-order valence-corrected chi connectivity index (χ3v) is 6.97. The molecule has 2 atom stereocenters. The molecule has 0 radical (unpaired) electrons. The Kier molecular flexibility index (Phi) is 7.60. The molecule has 182 valence electrons. The normalized spacial score (nSPS) is 17.8. The Bertz CT molecular complexity index is 1190. The number of allylic oxidation sites excluding steroid dienone is 1. The zero-order valence-electron chi connectivity index (χ0n) is 20.3. The second-order valence-electron chi connectivity index (χ2n) is 8.25. The van der Waals surface area contributed by atoms with Gasteiger partial charge in [-0.25, -0.2) is 9.79 Å². The van der Waals surface area contributed by atoms with Crippen LogP contribution in [0.2, 0.25) is 0 Å². The standard InChI is InChI=1S/C27H29N3O4S/c1-5-22-24(26(32)34-4)25(19-11-13-21(33-3)14-12-19)30-20(16-35-27(30)29-22)15-23(31)28-17(2)18-9-7-6-8-10-18/h6-14,16-17,25H,5,15H2,1-4H3,(H,28,31)/t17-,25-/m1/s1. The van der Waals surface area contributed by atoms with E-state index in [1.807, 2.05) is 78.8 Å². The molecule has 1 N–H and O–H groups in total. The van der Waals surface area contributed by atoms with Gasteiger partial charge in [0.05, 0.1) is 44.0 Å². The molecular formula is C27H29N3O4S. The first-order valence-corrected chi connectivity index (χ1v) is 12.4. The van der Waals surface area contributed by atoms with Crippen molar-refractivity contribution in [2.24, 2.45) is 4.99 Å². The van der Waals surface area contributed by atoms with E-state index in [-0.39, 0.29) is 18.4 Å². The van der Waals surface area contributed by atoms with Crippen LogP contribution in [0.5, 0.6) is 5.75 Å². The third-order valence-electron chi connectivity index (χ3n) is 6.08. The average molecular weight is 492 g/mol. The van der Waals surface area contributed by atoms with E-state index in [4.69, 9.17) is 14.5 Å². The highest BCUT2D eigenvalue weighted by atomic mass is 32.2. The predicted octanol–water partition coefficient (Wildman–Crippen LogP) is 5.10. The van der Waals surface area contributed by atoms with Crippen LogP contribution in [-0.2, 0) is 14.3 Å². The van der Waals surface area contributed by atoms with Crippen LogP contribution >= 0.6 is 11.8 Å². The summed E-state index contributed by atoms with van der Waals surface area (Å²) in [7, 11) is 2.99. The number of ether oxygens (including phenoxy) is 2.